The van der Waals surface area contributed by atoms with Crippen molar-refractivity contribution in [1.82, 2.24) is 0 Å². The predicted molar refractivity (Wildman–Crippen MR) is 72.9 cm³/mol. The molecule has 0 saturated carbocycles. The van der Waals surface area contributed by atoms with Crippen molar-refractivity contribution in [2.24, 2.45) is 0 Å². The van der Waals surface area contributed by atoms with Crippen LogP contribution >= 0.6 is 0 Å². The summed E-state index contributed by atoms with van der Waals surface area (Å²) < 4.78 is 29.5. The van der Waals surface area contributed by atoms with Gasteiger partial charge >= 0.3 is 0 Å². The molecular weight excluding hydrogens is 248 g/mol. The van der Waals surface area contributed by atoms with Crippen LogP contribution in [0.15, 0.2) is 35.2 Å². The normalized spacial score (nSPS) is 13.4. The van der Waals surface area contributed by atoms with Crippen LogP contribution in [0.4, 0.5) is 0 Å². The first-order valence-corrected chi connectivity index (χ1v) is 7.99. The molecule has 102 valence electrons. The van der Waals surface area contributed by atoms with Crippen LogP contribution in [-0.4, -0.2) is 14.5 Å². The van der Waals surface area contributed by atoms with E-state index in [9.17, 15) is 8.42 Å². The van der Waals surface area contributed by atoms with E-state index in [0.29, 0.717) is 0 Å². The van der Waals surface area contributed by atoms with E-state index in [1.165, 1.54) is 0 Å². The van der Waals surface area contributed by atoms with Crippen LogP contribution < -0.4 is 0 Å². The van der Waals surface area contributed by atoms with Crippen molar-refractivity contribution in [3.05, 3.63) is 30.3 Å². The molecular formula is C14H22O3S. The van der Waals surface area contributed by atoms with Crippen LogP contribution in [0.5, 0.6) is 0 Å². The van der Waals surface area contributed by atoms with Crippen LogP contribution in [0.25, 0.3) is 0 Å². The zero-order valence-electron chi connectivity index (χ0n) is 11.1. The van der Waals surface area contributed by atoms with Gasteiger partial charge in [-0.1, -0.05) is 51.3 Å². The molecule has 0 heterocycles. The quantitative estimate of drug-likeness (QED) is 0.676. The van der Waals surface area contributed by atoms with Gasteiger partial charge < -0.3 is 0 Å². The standard InChI is InChI=1S/C14H22O3S/c1-3-5-10-13(9-4-2)17-18(15,16)14-11-7-6-8-12-14/h6-8,11-13H,3-5,9-10H2,1-2H3. The van der Waals surface area contributed by atoms with Gasteiger partial charge in [-0.05, 0) is 25.0 Å². The van der Waals surface area contributed by atoms with Gasteiger partial charge in [0.1, 0.15) is 0 Å². The first kappa shape index (κ1) is 15.2. The minimum Gasteiger partial charge on any atom is -0.263 e. The molecule has 0 aliphatic heterocycles. The fourth-order valence-electron chi connectivity index (χ4n) is 1.82. The Morgan fingerprint density at radius 2 is 1.72 bits per heavy atom. The molecule has 0 aliphatic rings. The Bertz CT molecular complexity index is 426. The molecule has 0 amide bonds. The fraction of sp³-hybridized carbons (Fsp3) is 0.571. The second-order valence-corrected chi connectivity index (χ2v) is 5.99. The van der Waals surface area contributed by atoms with Crippen LogP contribution in [0, 0.1) is 0 Å². The van der Waals surface area contributed by atoms with Crippen molar-refractivity contribution < 1.29 is 12.6 Å². The van der Waals surface area contributed by atoms with E-state index in [0.717, 1.165) is 32.1 Å². The Labute approximate surface area is 110 Å². The van der Waals surface area contributed by atoms with E-state index in [1.54, 1.807) is 30.3 Å². The minimum absolute atomic E-state index is 0.194. The van der Waals surface area contributed by atoms with Gasteiger partial charge in [-0.25, -0.2) is 0 Å². The van der Waals surface area contributed by atoms with E-state index in [4.69, 9.17) is 4.18 Å². The molecule has 1 aromatic rings. The molecule has 0 bridgehead atoms. The summed E-state index contributed by atoms with van der Waals surface area (Å²) in [5, 5.41) is 0. The lowest BCUT2D eigenvalue weighted by Crippen LogP contribution is -2.18. The van der Waals surface area contributed by atoms with E-state index >= 15 is 0 Å². The van der Waals surface area contributed by atoms with Crippen LogP contribution in [0.2, 0.25) is 0 Å². The molecule has 4 heteroatoms. The SMILES string of the molecule is CCCCC(CCC)OS(=O)(=O)c1ccccc1. The second-order valence-electron chi connectivity index (χ2n) is 4.42. The molecule has 1 unspecified atom stereocenters. The number of rotatable bonds is 8. The lowest BCUT2D eigenvalue weighted by Gasteiger charge is -2.16. The van der Waals surface area contributed by atoms with E-state index in [1.807, 2.05) is 6.92 Å². The molecule has 0 aliphatic carbocycles. The van der Waals surface area contributed by atoms with Gasteiger partial charge in [0, 0.05) is 0 Å². The summed E-state index contributed by atoms with van der Waals surface area (Å²) in [6.45, 7) is 4.13. The Kier molecular flexibility index (Phi) is 6.36. The molecule has 0 N–H and O–H groups in total. The largest absolute Gasteiger partial charge is 0.297 e. The Morgan fingerprint density at radius 3 is 2.28 bits per heavy atom. The van der Waals surface area contributed by atoms with Gasteiger partial charge in [0.2, 0.25) is 0 Å². The minimum atomic E-state index is -3.61. The molecule has 0 spiro atoms. The van der Waals surface area contributed by atoms with Gasteiger partial charge in [-0.3, -0.25) is 4.18 Å². The van der Waals surface area contributed by atoms with Crippen molar-refractivity contribution in [3.8, 4) is 0 Å². The molecule has 1 aromatic carbocycles. The lowest BCUT2D eigenvalue weighted by molar-refractivity contribution is 0.184. The summed E-state index contributed by atoms with van der Waals surface area (Å²) in [5.41, 5.74) is 0. The van der Waals surface area contributed by atoms with Gasteiger partial charge in [0.05, 0.1) is 11.0 Å². The summed E-state index contributed by atoms with van der Waals surface area (Å²) in [6, 6.07) is 8.34. The topological polar surface area (TPSA) is 43.4 Å². The average Bonchev–Trinajstić information content (AvgIpc) is 2.37. The van der Waals surface area contributed by atoms with Gasteiger partial charge in [0.15, 0.2) is 0 Å². The van der Waals surface area contributed by atoms with E-state index in [2.05, 4.69) is 6.92 Å². The second kappa shape index (κ2) is 7.54. The van der Waals surface area contributed by atoms with Crippen LogP contribution in [-0.2, 0) is 14.3 Å². The summed E-state index contributed by atoms with van der Waals surface area (Å²) in [5.74, 6) is 0. The maximum atomic E-state index is 12.1. The smallest absolute Gasteiger partial charge is 0.263 e. The Hall–Kier alpha value is -0.870. The fourth-order valence-corrected chi connectivity index (χ4v) is 2.97. The zero-order valence-corrected chi connectivity index (χ0v) is 11.9. The maximum Gasteiger partial charge on any atom is 0.297 e. The Balaban J connectivity index is 2.73. The molecule has 18 heavy (non-hydrogen) atoms. The summed E-state index contributed by atoms with van der Waals surface area (Å²) >= 11 is 0. The monoisotopic (exact) mass is 270 g/mol. The first-order chi connectivity index (χ1) is 8.60. The summed E-state index contributed by atoms with van der Waals surface area (Å²) in [6.07, 6.45) is 4.37. The Morgan fingerprint density at radius 1 is 1.06 bits per heavy atom. The number of benzene rings is 1. The van der Waals surface area contributed by atoms with Crippen molar-refractivity contribution in [3.63, 3.8) is 0 Å². The molecule has 0 fully saturated rings. The van der Waals surface area contributed by atoms with Crippen molar-refractivity contribution in [2.45, 2.75) is 57.0 Å². The van der Waals surface area contributed by atoms with Gasteiger partial charge in [0.25, 0.3) is 10.1 Å². The highest BCUT2D eigenvalue weighted by molar-refractivity contribution is 7.86. The van der Waals surface area contributed by atoms with Crippen molar-refractivity contribution in [1.29, 1.82) is 0 Å². The highest BCUT2D eigenvalue weighted by Crippen LogP contribution is 2.19. The molecule has 3 nitrogen and oxygen atoms in total. The lowest BCUT2D eigenvalue weighted by atomic mass is 10.1. The third kappa shape index (κ3) is 4.78. The third-order valence-corrected chi connectivity index (χ3v) is 4.16. The highest BCUT2D eigenvalue weighted by atomic mass is 32.2. The number of unbranched alkanes of at least 4 members (excludes halogenated alkanes) is 1. The van der Waals surface area contributed by atoms with E-state index < -0.39 is 10.1 Å². The van der Waals surface area contributed by atoms with E-state index in [-0.39, 0.29) is 11.0 Å². The third-order valence-electron chi connectivity index (χ3n) is 2.78. The summed E-state index contributed by atoms with van der Waals surface area (Å²) in [7, 11) is -3.61. The molecule has 1 rings (SSSR count). The van der Waals surface area contributed by atoms with Crippen molar-refractivity contribution >= 4 is 10.1 Å². The molecule has 0 saturated heterocycles. The maximum absolute atomic E-state index is 12.1. The van der Waals surface area contributed by atoms with Crippen LogP contribution in [0.1, 0.15) is 46.0 Å². The van der Waals surface area contributed by atoms with Crippen LogP contribution in [0.3, 0.4) is 0 Å². The summed E-state index contributed by atoms with van der Waals surface area (Å²) in [4.78, 5) is 0.239. The predicted octanol–water partition coefficient (Wildman–Crippen LogP) is 3.75. The molecule has 0 aromatic heterocycles. The number of hydrogen-bond acceptors (Lipinski definition) is 3. The molecule has 1 atom stereocenters. The first-order valence-electron chi connectivity index (χ1n) is 6.58. The van der Waals surface area contributed by atoms with Crippen molar-refractivity contribution in [2.75, 3.05) is 0 Å². The average molecular weight is 270 g/mol. The molecule has 0 radical (unpaired) electrons. The van der Waals surface area contributed by atoms with Gasteiger partial charge in [-0.2, -0.15) is 8.42 Å². The highest BCUT2D eigenvalue weighted by Gasteiger charge is 2.20. The van der Waals surface area contributed by atoms with Gasteiger partial charge in [-0.15, -0.1) is 0 Å². The number of hydrogen-bond donors (Lipinski definition) is 0. The zero-order chi connectivity index (χ0) is 13.4.